The highest BCUT2D eigenvalue weighted by molar-refractivity contribution is 5.77. The van der Waals surface area contributed by atoms with E-state index in [0.717, 1.165) is 16.9 Å². The molecular weight excluding hydrogens is 334 g/mol. The summed E-state index contributed by atoms with van der Waals surface area (Å²) in [5.41, 5.74) is 2.00. The number of amides is 3. The van der Waals surface area contributed by atoms with Crippen molar-refractivity contribution in [3.05, 3.63) is 29.3 Å². The van der Waals surface area contributed by atoms with E-state index >= 15 is 0 Å². The van der Waals surface area contributed by atoms with Crippen LogP contribution >= 0.6 is 0 Å². The fourth-order valence-electron chi connectivity index (χ4n) is 3.01. The van der Waals surface area contributed by atoms with Crippen LogP contribution in [0.3, 0.4) is 0 Å². The summed E-state index contributed by atoms with van der Waals surface area (Å²) >= 11 is 0. The maximum atomic E-state index is 12.4. The molecule has 144 valence electrons. The minimum Gasteiger partial charge on any atom is -0.491 e. The number of rotatable bonds is 6. The number of β-amino-alcohol motifs (C(OH)–C–C–N with tert-alkyl or cyclic N) is 1. The average molecular weight is 363 g/mol. The number of nitrogens with one attached hydrogen (secondary N) is 2. The summed E-state index contributed by atoms with van der Waals surface area (Å²) in [6.07, 6.45) is -0.422. The van der Waals surface area contributed by atoms with Crippen molar-refractivity contribution in [3.63, 3.8) is 0 Å². The molecule has 7 heteroatoms. The summed E-state index contributed by atoms with van der Waals surface area (Å²) in [6, 6.07) is 5.63. The van der Waals surface area contributed by atoms with Crippen LogP contribution in [-0.4, -0.2) is 54.3 Å². The van der Waals surface area contributed by atoms with Crippen molar-refractivity contribution in [3.8, 4) is 5.75 Å². The summed E-state index contributed by atoms with van der Waals surface area (Å²) in [6.45, 7) is 6.86. The molecule has 1 aliphatic rings. The van der Waals surface area contributed by atoms with E-state index in [9.17, 15) is 14.7 Å². The molecule has 0 aromatic heterocycles. The van der Waals surface area contributed by atoms with Gasteiger partial charge in [0.25, 0.3) is 0 Å². The molecule has 1 heterocycles. The number of nitrogens with zero attached hydrogens (tertiary/aromatic N) is 1. The summed E-state index contributed by atoms with van der Waals surface area (Å²) in [5.74, 6) is 0.394. The Bertz CT molecular complexity index is 648. The Morgan fingerprint density at radius 1 is 1.35 bits per heavy atom. The quantitative estimate of drug-likeness (QED) is 0.713. The van der Waals surface area contributed by atoms with E-state index in [2.05, 4.69) is 10.6 Å². The van der Waals surface area contributed by atoms with E-state index < -0.39 is 6.10 Å². The number of aliphatic hydroxyl groups is 1. The number of carbonyl (C=O) groups is 2. The van der Waals surface area contributed by atoms with Gasteiger partial charge >= 0.3 is 6.03 Å². The van der Waals surface area contributed by atoms with E-state index in [0.29, 0.717) is 13.1 Å². The molecule has 0 radical (unpaired) electrons. The van der Waals surface area contributed by atoms with E-state index in [1.54, 1.807) is 11.9 Å². The van der Waals surface area contributed by atoms with Gasteiger partial charge in [0.1, 0.15) is 5.75 Å². The van der Waals surface area contributed by atoms with Crippen LogP contribution in [0.4, 0.5) is 4.79 Å². The van der Waals surface area contributed by atoms with Crippen molar-refractivity contribution in [2.45, 2.75) is 45.9 Å². The number of hydrogen-bond acceptors (Lipinski definition) is 4. The van der Waals surface area contributed by atoms with Gasteiger partial charge in [0, 0.05) is 44.6 Å². The van der Waals surface area contributed by atoms with Crippen LogP contribution in [-0.2, 0) is 11.3 Å². The van der Waals surface area contributed by atoms with Crippen molar-refractivity contribution in [1.82, 2.24) is 15.5 Å². The number of aliphatic hydroxyl groups excluding tert-OH is 1. The van der Waals surface area contributed by atoms with E-state index in [1.807, 2.05) is 39.0 Å². The molecule has 2 rings (SSSR count). The molecule has 7 nitrogen and oxygen atoms in total. The van der Waals surface area contributed by atoms with Crippen LogP contribution in [0, 0.1) is 12.8 Å². The number of ether oxygens (including phenoxy) is 1. The topological polar surface area (TPSA) is 90.9 Å². The molecule has 1 aromatic rings. The zero-order chi connectivity index (χ0) is 19.3. The van der Waals surface area contributed by atoms with Gasteiger partial charge in [-0.05, 0) is 32.4 Å². The van der Waals surface area contributed by atoms with Gasteiger partial charge < -0.3 is 25.4 Å². The van der Waals surface area contributed by atoms with Crippen molar-refractivity contribution >= 4 is 11.9 Å². The van der Waals surface area contributed by atoms with Crippen LogP contribution < -0.4 is 15.4 Å². The van der Waals surface area contributed by atoms with E-state index in [-0.39, 0.29) is 36.9 Å². The molecule has 0 unspecified atom stereocenters. The largest absolute Gasteiger partial charge is 0.491 e. The molecule has 26 heavy (non-hydrogen) atoms. The molecule has 2 atom stereocenters. The fraction of sp³-hybridized carbons (Fsp3) is 0.579. The van der Waals surface area contributed by atoms with Crippen LogP contribution in [0.5, 0.6) is 5.75 Å². The summed E-state index contributed by atoms with van der Waals surface area (Å²) in [4.78, 5) is 25.5. The molecule has 1 fully saturated rings. The summed E-state index contributed by atoms with van der Waals surface area (Å²) < 4.78 is 5.82. The second-order valence-corrected chi connectivity index (χ2v) is 7.05. The van der Waals surface area contributed by atoms with Gasteiger partial charge in [-0.25, -0.2) is 4.79 Å². The van der Waals surface area contributed by atoms with Crippen LogP contribution in [0.15, 0.2) is 18.2 Å². The number of likely N-dealkylation sites (tertiary alicyclic amines) is 1. The van der Waals surface area contributed by atoms with E-state index in [1.165, 1.54) is 0 Å². The Hall–Kier alpha value is -2.28. The number of benzene rings is 1. The average Bonchev–Trinajstić information content (AvgIpc) is 2.94. The van der Waals surface area contributed by atoms with Crippen molar-refractivity contribution in [1.29, 1.82) is 0 Å². The molecule has 3 amide bonds. The van der Waals surface area contributed by atoms with Gasteiger partial charge in [0.2, 0.25) is 5.91 Å². The summed E-state index contributed by atoms with van der Waals surface area (Å²) in [7, 11) is 1.56. The van der Waals surface area contributed by atoms with Crippen molar-refractivity contribution < 1.29 is 19.4 Å². The minimum absolute atomic E-state index is 0.0467. The van der Waals surface area contributed by atoms with Crippen molar-refractivity contribution in [2.24, 2.45) is 5.92 Å². The van der Waals surface area contributed by atoms with Crippen LogP contribution in [0.25, 0.3) is 0 Å². The summed E-state index contributed by atoms with van der Waals surface area (Å²) in [5, 5.41) is 15.5. The molecule has 0 spiro atoms. The Morgan fingerprint density at radius 2 is 2.08 bits per heavy atom. The predicted octanol–water partition coefficient (Wildman–Crippen LogP) is 1.42. The highest BCUT2D eigenvalue weighted by Gasteiger charge is 2.35. The Balaban J connectivity index is 1.94. The highest BCUT2D eigenvalue weighted by atomic mass is 16.5. The Labute approximate surface area is 154 Å². The van der Waals surface area contributed by atoms with Crippen molar-refractivity contribution in [2.75, 3.05) is 20.1 Å². The SMILES string of the molecule is CNC(=O)C[C@@H]1CN(C(=O)NCc2ccc(C)cc2OC(C)C)C[C@H]1O. The maximum Gasteiger partial charge on any atom is 0.317 e. The number of hydrogen-bond donors (Lipinski definition) is 3. The number of aryl methyl sites for hydroxylation is 1. The monoisotopic (exact) mass is 363 g/mol. The zero-order valence-electron chi connectivity index (χ0n) is 15.9. The fourth-order valence-corrected chi connectivity index (χ4v) is 3.01. The molecule has 0 aliphatic carbocycles. The van der Waals surface area contributed by atoms with Crippen LogP contribution in [0.1, 0.15) is 31.4 Å². The first-order chi connectivity index (χ1) is 12.3. The molecule has 1 saturated heterocycles. The third kappa shape index (κ3) is 5.36. The van der Waals surface area contributed by atoms with E-state index in [4.69, 9.17) is 4.74 Å². The molecule has 1 aromatic carbocycles. The van der Waals surface area contributed by atoms with Gasteiger partial charge in [-0.15, -0.1) is 0 Å². The smallest absolute Gasteiger partial charge is 0.317 e. The van der Waals surface area contributed by atoms with Gasteiger partial charge in [-0.3, -0.25) is 4.79 Å². The Kier molecular flexibility index (Phi) is 6.85. The highest BCUT2D eigenvalue weighted by Crippen LogP contribution is 2.23. The van der Waals surface area contributed by atoms with Gasteiger partial charge in [0.15, 0.2) is 0 Å². The van der Waals surface area contributed by atoms with Gasteiger partial charge in [-0.2, -0.15) is 0 Å². The molecule has 1 aliphatic heterocycles. The third-order valence-corrected chi connectivity index (χ3v) is 4.44. The predicted molar refractivity (Wildman–Crippen MR) is 98.9 cm³/mol. The first-order valence-electron chi connectivity index (χ1n) is 8.97. The third-order valence-electron chi connectivity index (χ3n) is 4.44. The first kappa shape index (κ1) is 20.0. The number of carbonyl (C=O) groups excluding carboxylic acids is 2. The normalized spacial score (nSPS) is 19.5. The maximum absolute atomic E-state index is 12.4. The lowest BCUT2D eigenvalue weighted by atomic mass is 10.0. The lowest BCUT2D eigenvalue weighted by Gasteiger charge is -2.19. The zero-order valence-corrected chi connectivity index (χ0v) is 15.9. The standard InChI is InChI=1S/C19H29N3O4/c1-12(2)26-17-7-13(3)5-6-14(17)9-21-19(25)22-10-15(16(23)11-22)8-18(24)20-4/h5-7,12,15-16,23H,8-11H2,1-4H3,(H,20,24)(H,21,25)/t15-,16-/m1/s1. The molecule has 3 N–H and O–H groups in total. The minimum atomic E-state index is -0.683. The lowest BCUT2D eigenvalue weighted by Crippen LogP contribution is -2.38. The number of urea groups is 1. The second-order valence-electron chi connectivity index (χ2n) is 7.05. The molecular formula is C19H29N3O4. The lowest BCUT2D eigenvalue weighted by molar-refractivity contribution is -0.122. The molecule has 0 saturated carbocycles. The first-order valence-corrected chi connectivity index (χ1v) is 8.97. The van der Waals surface area contributed by atoms with Crippen LogP contribution in [0.2, 0.25) is 0 Å². The second kappa shape index (κ2) is 8.89. The van der Waals surface area contributed by atoms with Gasteiger partial charge in [-0.1, -0.05) is 12.1 Å². The Morgan fingerprint density at radius 3 is 2.73 bits per heavy atom. The molecule has 0 bridgehead atoms. The van der Waals surface area contributed by atoms with Gasteiger partial charge in [0.05, 0.1) is 12.2 Å².